The van der Waals surface area contributed by atoms with Crippen LogP contribution in [-0.4, -0.2) is 42.3 Å². The molecule has 4 nitrogen and oxygen atoms in total. The van der Waals surface area contributed by atoms with E-state index in [-0.39, 0.29) is 0 Å². The minimum atomic E-state index is 0.591. The first-order valence-corrected chi connectivity index (χ1v) is 10.2. The van der Waals surface area contributed by atoms with Crippen molar-refractivity contribution in [3.8, 4) is 0 Å². The number of rotatable bonds is 6. The number of hydrogen-bond acceptors (Lipinski definition) is 3. The van der Waals surface area contributed by atoms with Crippen LogP contribution in [-0.2, 0) is 13.0 Å². The van der Waals surface area contributed by atoms with Gasteiger partial charge in [-0.1, -0.05) is 42.5 Å². The van der Waals surface area contributed by atoms with E-state index in [2.05, 4.69) is 88.7 Å². The number of likely N-dealkylation sites (tertiary alicyclic amines) is 1. The summed E-state index contributed by atoms with van der Waals surface area (Å²) in [5, 5.41) is 7.66. The van der Waals surface area contributed by atoms with Gasteiger partial charge < -0.3 is 4.90 Å². The standard InChI is InChI=1S/C24H30N4/c1-27(2)23-10-8-20(9-11-23)18-28-14-12-21(13-15-28)24-22(17-25-26-24)16-19-6-4-3-5-7-19/h3-11,17,21H,12-16,18H2,1-2H3,(H,25,26). The first-order chi connectivity index (χ1) is 13.7. The number of nitrogens with zero attached hydrogens (tertiary/aromatic N) is 3. The molecule has 0 saturated carbocycles. The van der Waals surface area contributed by atoms with Crippen molar-refractivity contribution in [1.82, 2.24) is 15.1 Å². The molecular weight excluding hydrogens is 344 g/mol. The number of benzene rings is 2. The highest BCUT2D eigenvalue weighted by molar-refractivity contribution is 5.46. The Morgan fingerprint density at radius 1 is 0.964 bits per heavy atom. The number of hydrogen-bond donors (Lipinski definition) is 1. The van der Waals surface area contributed by atoms with Crippen molar-refractivity contribution in [2.24, 2.45) is 0 Å². The predicted octanol–water partition coefficient (Wildman–Crippen LogP) is 4.45. The van der Waals surface area contributed by atoms with Crippen LogP contribution < -0.4 is 4.90 Å². The summed E-state index contributed by atoms with van der Waals surface area (Å²) in [5.41, 5.74) is 6.70. The van der Waals surface area contributed by atoms with Crippen LogP contribution in [0.15, 0.2) is 60.8 Å². The van der Waals surface area contributed by atoms with E-state index < -0.39 is 0 Å². The lowest BCUT2D eigenvalue weighted by Crippen LogP contribution is -2.32. The van der Waals surface area contributed by atoms with Crippen LogP contribution in [0.25, 0.3) is 0 Å². The molecule has 1 N–H and O–H groups in total. The molecule has 0 radical (unpaired) electrons. The topological polar surface area (TPSA) is 35.2 Å². The monoisotopic (exact) mass is 374 g/mol. The fourth-order valence-corrected chi connectivity index (χ4v) is 4.17. The Morgan fingerprint density at radius 2 is 1.68 bits per heavy atom. The summed E-state index contributed by atoms with van der Waals surface area (Å²) >= 11 is 0. The Balaban J connectivity index is 1.34. The molecule has 1 aliphatic rings. The van der Waals surface area contributed by atoms with Gasteiger partial charge in [0, 0.05) is 44.4 Å². The highest BCUT2D eigenvalue weighted by Gasteiger charge is 2.24. The third-order valence-electron chi connectivity index (χ3n) is 5.84. The summed E-state index contributed by atoms with van der Waals surface area (Å²) in [6.07, 6.45) is 5.37. The number of anilines is 1. The van der Waals surface area contributed by atoms with Crippen molar-refractivity contribution >= 4 is 5.69 Å². The predicted molar refractivity (Wildman–Crippen MR) is 116 cm³/mol. The molecule has 0 aliphatic carbocycles. The van der Waals surface area contributed by atoms with E-state index >= 15 is 0 Å². The van der Waals surface area contributed by atoms with Gasteiger partial charge in [-0.3, -0.25) is 10.00 Å². The molecule has 0 bridgehead atoms. The summed E-state index contributed by atoms with van der Waals surface area (Å²) in [4.78, 5) is 4.72. The van der Waals surface area contributed by atoms with E-state index in [1.54, 1.807) is 0 Å². The third-order valence-corrected chi connectivity index (χ3v) is 5.84. The summed E-state index contributed by atoms with van der Waals surface area (Å²) in [5.74, 6) is 0.591. The van der Waals surface area contributed by atoms with Crippen molar-refractivity contribution in [2.75, 3.05) is 32.1 Å². The molecule has 2 aromatic carbocycles. The maximum atomic E-state index is 4.36. The Morgan fingerprint density at radius 3 is 2.36 bits per heavy atom. The zero-order valence-electron chi connectivity index (χ0n) is 16.9. The van der Waals surface area contributed by atoms with Crippen LogP contribution in [0.3, 0.4) is 0 Å². The van der Waals surface area contributed by atoms with Gasteiger partial charge in [0.05, 0.1) is 6.20 Å². The highest BCUT2D eigenvalue weighted by atomic mass is 15.1. The summed E-state index contributed by atoms with van der Waals surface area (Å²) in [7, 11) is 4.17. The van der Waals surface area contributed by atoms with Crippen LogP contribution in [0, 0.1) is 0 Å². The van der Waals surface area contributed by atoms with Crippen LogP contribution >= 0.6 is 0 Å². The largest absolute Gasteiger partial charge is 0.378 e. The van der Waals surface area contributed by atoms with Crippen molar-refractivity contribution in [2.45, 2.75) is 31.7 Å². The SMILES string of the molecule is CN(C)c1ccc(CN2CCC(c3[nH]ncc3Cc3ccccc3)CC2)cc1. The molecule has 0 atom stereocenters. The third kappa shape index (κ3) is 4.45. The van der Waals surface area contributed by atoms with Gasteiger partial charge in [-0.15, -0.1) is 0 Å². The molecule has 1 aliphatic heterocycles. The van der Waals surface area contributed by atoms with Crippen molar-refractivity contribution < 1.29 is 0 Å². The first kappa shape index (κ1) is 18.8. The summed E-state index contributed by atoms with van der Waals surface area (Å²) in [6, 6.07) is 19.6. The quantitative estimate of drug-likeness (QED) is 0.692. The zero-order chi connectivity index (χ0) is 19.3. The second kappa shape index (κ2) is 8.61. The van der Waals surface area contributed by atoms with E-state index in [0.717, 1.165) is 26.1 Å². The number of nitrogens with one attached hydrogen (secondary N) is 1. The lowest BCUT2D eigenvalue weighted by Gasteiger charge is -2.32. The summed E-state index contributed by atoms with van der Waals surface area (Å²) in [6.45, 7) is 3.33. The smallest absolute Gasteiger partial charge is 0.0525 e. The van der Waals surface area contributed by atoms with E-state index in [9.17, 15) is 0 Å². The highest BCUT2D eigenvalue weighted by Crippen LogP contribution is 2.30. The van der Waals surface area contributed by atoms with Gasteiger partial charge in [-0.25, -0.2) is 0 Å². The lowest BCUT2D eigenvalue weighted by atomic mass is 9.89. The Hall–Kier alpha value is -2.59. The molecule has 3 aromatic rings. The van der Waals surface area contributed by atoms with E-state index in [4.69, 9.17) is 0 Å². The van der Waals surface area contributed by atoms with E-state index in [1.807, 2.05) is 6.20 Å². The molecule has 0 unspecified atom stereocenters. The minimum absolute atomic E-state index is 0.591. The molecule has 146 valence electrons. The van der Waals surface area contributed by atoms with Gasteiger partial charge in [0.15, 0.2) is 0 Å². The van der Waals surface area contributed by atoms with Gasteiger partial charge in [0.2, 0.25) is 0 Å². The van der Waals surface area contributed by atoms with Gasteiger partial charge in [-0.2, -0.15) is 5.10 Å². The summed E-state index contributed by atoms with van der Waals surface area (Å²) < 4.78 is 0. The molecule has 1 aromatic heterocycles. The second-order valence-corrected chi connectivity index (χ2v) is 8.08. The Kier molecular flexibility index (Phi) is 5.77. The van der Waals surface area contributed by atoms with Gasteiger partial charge in [-0.05, 0) is 54.8 Å². The van der Waals surface area contributed by atoms with Crippen LogP contribution in [0.4, 0.5) is 5.69 Å². The van der Waals surface area contributed by atoms with Crippen molar-refractivity contribution in [3.05, 3.63) is 83.2 Å². The van der Waals surface area contributed by atoms with Crippen molar-refractivity contribution in [1.29, 1.82) is 0 Å². The fourth-order valence-electron chi connectivity index (χ4n) is 4.17. The van der Waals surface area contributed by atoms with E-state index in [0.29, 0.717) is 5.92 Å². The molecule has 1 saturated heterocycles. The average molecular weight is 375 g/mol. The molecule has 4 heteroatoms. The molecular formula is C24H30N4. The molecule has 2 heterocycles. The van der Waals surface area contributed by atoms with Gasteiger partial charge in [0.25, 0.3) is 0 Å². The molecule has 0 amide bonds. The van der Waals surface area contributed by atoms with E-state index in [1.165, 1.54) is 40.9 Å². The molecule has 0 spiro atoms. The minimum Gasteiger partial charge on any atom is -0.378 e. The maximum Gasteiger partial charge on any atom is 0.0525 e. The van der Waals surface area contributed by atoms with Crippen LogP contribution in [0.5, 0.6) is 0 Å². The lowest BCUT2D eigenvalue weighted by molar-refractivity contribution is 0.203. The number of piperidine rings is 1. The number of aromatic nitrogens is 2. The normalized spacial score (nSPS) is 15.6. The molecule has 4 rings (SSSR count). The van der Waals surface area contributed by atoms with Crippen molar-refractivity contribution in [3.63, 3.8) is 0 Å². The first-order valence-electron chi connectivity index (χ1n) is 10.2. The fraction of sp³-hybridized carbons (Fsp3) is 0.375. The molecule has 28 heavy (non-hydrogen) atoms. The maximum absolute atomic E-state index is 4.36. The Labute approximate surface area is 168 Å². The molecule has 1 fully saturated rings. The van der Waals surface area contributed by atoms with Crippen LogP contribution in [0.2, 0.25) is 0 Å². The average Bonchev–Trinajstić information content (AvgIpc) is 3.18. The van der Waals surface area contributed by atoms with Gasteiger partial charge in [0.1, 0.15) is 0 Å². The zero-order valence-corrected chi connectivity index (χ0v) is 16.9. The van der Waals surface area contributed by atoms with Crippen LogP contribution in [0.1, 0.15) is 41.1 Å². The van der Waals surface area contributed by atoms with Gasteiger partial charge >= 0.3 is 0 Å². The number of aromatic amines is 1. The second-order valence-electron chi connectivity index (χ2n) is 8.08. The number of H-pyrrole nitrogens is 1. The Bertz CT molecular complexity index is 859.